The van der Waals surface area contributed by atoms with Gasteiger partial charge in [0.2, 0.25) is 0 Å². The highest BCUT2D eigenvalue weighted by Gasteiger charge is 2.17. The highest BCUT2D eigenvalue weighted by Crippen LogP contribution is 2.35. The summed E-state index contributed by atoms with van der Waals surface area (Å²) in [7, 11) is 1.56. The lowest BCUT2D eigenvalue weighted by Gasteiger charge is -2.21. The van der Waals surface area contributed by atoms with Crippen LogP contribution in [0.1, 0.15) is 40.1 Å². The van der Waals surface area contributed by atoms with Crippen LogP contribution in [0.4, 0.5) is 0 Å². The molecule has 0 radical (unpaired) electrons. The number of carbonyl (C=O) groups is 1. The number of nitrogens with one attached hydrogen (secondary N) is 1. The lowest BCUT2D eigenvalue weighted by Crippen LogP contribution is -2.35. The minimum absolute atomic E-state index is 0.162. The van der Waals surface area contributed by atoms with Crippen molar-refractivity contribution in [1.82, 2.24) is 5.32 Å². The normalized spacial score (nSPS) is 12.7. The van der Waals surface area contributed by atoms with E-state index in [1.165, 1.54) is 6.07 Å². The first-order valence-electron chi connectivity index (χ1n) is 11.1. The topological polar surface area (TPSA) is 108 Å². The minimum Gasteiger partial charge on any atom is -0.508 e. The van der Waals surface area contributed by atoms with Gasteiger partial charge in [-0.05, 0) is 85.5 Å². The number of hydrogen-bond acceptors (Lipinski definition) is 6. The van der Waals surface area contributed by atoms with Crippen LogP contribution in [0.5, 0.6) is 17.2 Å². The summed E-state index contributed by atoms with van der Waals surface area (Å²) in [5.41, 5.74) is 4.33. The van der Waals surface area contributed by atoms with Crippen molar-refractivity contribution in [2.45, 2.75) is 32.9 Å². The lowest BCUT2D eigenvalue weighted by molar-refractivity contribution is 0.0697. The van der Waals surface area contributed by atoms with Crippen molar-refractivity contribution in [2.24, 2.45) is 0 Å². The molecule has 0 spiro atoms. The molecule has 0 heterocycles. The largest absolute Gasteiger partial charge is 0.508 e. The van der Waals surface area contributed by atoms with Gasteiger partial charge in [0.25, 0.3) is 0 Å². The molecular weight excluding hydrogens is 434 g/mol. The summed E-state index contributed by atoms with van der Waals surface area (Å²) in [6.45, 7) is 6.73. The van der Waals surface area contributed by atoms with E-state index in [1.807, 2.05) is 32.9 Å². The Bertz CT molecular complexity index is 1120. The zero-order valence-electron chi connectivity index (χ0n) is 19.8. The van der Waals surface area contributed by atoms with E-state index in [0.29, 0.717) is 24.5 Å². The summed E-state index contributed by atoms with van der Waals surface area (Å²) in [4.78, 5) is 11.4. The number of aliphatic hydroxyl groups is 1. The van der Waals surface area contributed by atoms with Gasteiger partial charge in [-0.25, -0.2) is 4.79 Å². The summed E-state index contributed by atoms with van der Waals surface area (Å²) >= 11 is 0. The molecule has 0 unspecified atom stereocenters. The highest BCUT2D eigenvalue weighted by atomic mass is 16.5. The molecule has 0 aliphatic rings. The molecule has 0 saturated heterocycles. The number of carboxylic acid groups (broad SMARTS) is 1. The zero-order chi connectivity index (χ0) is 24.8. The van der Waals surface area contributed by atoms with Crippen LogP contribution in [0.15, 0.2) is 54.6 Å². The summed E-state index contributed by atoms with van der Waals surface area (Å²) in [5, 5.41) is 32.5. The third kappa shape index (κ3) is 5.87. The fraction of sp³-hybridized carbons (Fsp3) is 0.296. The van der Waals surface area contributed by atoms with Gasteiger partial charge in [-0.3, -0.25) is 0 Å². The van der Waals surface area contributed by atoms with Crippen LogP contribution >= 0.6 is 0 Å². The van der Waals surface area contributed by atoms with Crippen LogP contribution in [0.2, 0.25) is 0 Å². The van der Waals surface area contributed by atoms with Gasteiger partial charge in [-0.15, -0.1) is 0 Å². The molecule has 0 bridgehead atoms. The second-order valence-electron chi connectivity index (χ2n) is 8.29. The Morgan fingerprint density at radius 1 is 1.03 bits per heavy atom. The molecule has 3 aromatic carbocycles. The first-order chi connectivity index (χ1) is 16.2. The van der Waals surface area contributed by atoms with Crippen LogP contribution in [-0.4, -0.2) is 47.6 Å². The van der Waals surface area contributed by atoms with Crippen molar-refractivity contribution in [3.63, 3.8) is 0 Å². The van der Waals surface area contributed by atoms with Crippen LogP contribution < -0.4 is 14.8 Å². The Labute approximate surface area is 199 Å². The molecule has 180 valence electrons. The van der Waals surface area contributed by atoms with Crippen molar-refractivity contribution >= 4 is 5.97 Å². The number of benzene rings is 3. The number of methoxy groups -OCH3 is 1. The molecule has 0 aliphatic heterocycles. The molecule has 2 atom stereocenters. The molecule has 0 amide bonds. The Hall–Kier alpha value is -3.55. The average Bonchev–Trinajstić information content (AvgIpc) is 2.82. The fourth-order valence-corrected chi connectivity index (χ4v) is 3.91. The number of phenols is 1. The molecule has 3 aromatic rings. The van der Waals surface area contributed by atoms with Crippen molar-refractivity contribution in [3.8, 4) is 28.4 Å². The Balaban J connectivity index is 1.65. The Morgan fingerprint density at radius 3 is 2.26 bits per heavy atom. The molecule has 3 rings (SSSR count). The van der Waals surface area contributed by atoms with Gasteiger partial charge in [0.1, 0.15) is 23.9 Å². The summed E-state index contributed by atoms with van der Waals surface area (Å²) in [6, 6.07) is 15.0. The summed E-state index contributed by atoms with van der Waals surface area (Å²) in [6.07, 6.45) is -0.708. The fourth-order valence-electron chi connectivity index (χ4n) is 3.91. The number of aromatic carboxylic acids is 1. The molecule has 34 heavy (non-hydrogen) atoms. The lowest BCUT2D eigenvalue weighted by atomic mass is 9.97. The first kappa shape index (κ1) is 25.1. The summed E-state index contributed by atoms with van der Waals surface area (Å²) in [5.74, 6) is 0.540. The number of phenolic OH excluding ortho intramolecular Hbond substituents is 1. The van der Waals surface area contributed by atoms with E-state index in [-0.39, 0.29) is 17.4 Å². The Kier molecular flexibility index (Phi) is 8.15. The molecule has 0 fully saturated rings. The van der Waals surface area contributed by atoms with Crippen molar-refractivity contribution in [2.75, 3.05) is 20.3 Å². The van der Waals surface area contributed by atoms with Gasteiger partial charge in [-0.2, -0.15) is 0 Å². The van der Waals surface area contributed by atoms with Crippen molar-refractivity contribution < 1.29 is 29.6 Å². The maximum absolute atomic E-state index is 11.4. The van der Waals surface area contributed by atoms with E-state index in [2.05, 4.69) is 5.32 Å². The average molecular weight is 466 g/mol. The van der Waals surface area contributed by atoms with Gasteiger partial charge in [0.05, 0.1) is 18.8 Å². The molecule has 7 nitrogen and oxygen atoms in total. The maximum atomic E-state index is 11.4. The number of ether oxygens (including phenoxy) is 2. The van der Waals surface area contributed by atoms with Gasteiger partial charge >= 0.3 is 5.97 Å². The van der Waals surface area contributed by atoms with Gasteiger partial charge < -0.3 is 30.1 Å². The van der Waals surface area contributed by atoms with Crippen molar-refractivity contribution in [3.05, 3.63) is 76.9 Å². The van der Waals surface area contributed by atoms with Gasteiger partial charge in [0.15, 0.2) is 0 Å². The number of hydrogen-bond donors (Lipinski definition) is 4. The standard InChI is InChI=1S/C27H31NO6/c1-16-13-21(23-15-20(27(31)32)7-10-24(23)33-4)14-17(2)26(16)34-12-11-28-18(3)25(30)19-5-8-22(29)9-6-19/h5-10,13-15,18,25,28-30H,11-12H2,1-4H3,(H,31,32)/t18-,25-/m1/s1. The zero-order valence-corrected chi connectivity index (χ0v) is 19.8. The maximum Gasteiger partial charge on any atom is 0.335 e. The molecule has 0 saturated carbocycles. The van der Waals surface area contributed by atoms with E-state index in [0.717, 1.165) is 28.0 Å². The number of aromatic hydroxyl groups is 1. The number of rotatable bonds is 10. The van der Waals surface area contributed by atoms with Gasteiger partial charge in [-0.1, -0.05) is 12.1 Å². The van der Waals surface area contributed by atoms with Crippen LogP contribution in [0, 0.1) is 13.8 Å². The van der Waals surface area contributed by atoms with E-state index < -0.39 is 12.1 Å². The number of aryl methyl sites for hydroxylation is 2. The molecule has 0 aliphatic carbocycles. The van der Waals surface area contributed by atoms with Crippen LogP contribution in [-0.2, 0) is 0 Å². The molecular formula is C27H31NO6. The van der Waals surface area contributed by atoms with Gasteiger partial charge in [0, 0.05) is 18.2 Å². The first-order valence-corrected chi connectivity index (χ1v) is 11.1. The van der Waals surface area contributed by atoms with Crippen LogP contribution in [0.25, 0.3) is 11.1 Å². The van der Waals surface area contributed by atoms with Crippen molar-refractivity contribution in [1.29, 1.82) is 0 Å². The van der Waals surface area contributed by atoms with E-state index in [9.17, 15) is 20.1 Å². The molecule has 0 aromatic heterocycles. The summed E-state index contributed by atoms with van der Waals surface area (Å²) < 4.78 is 11.5. The van der Waals surface area contributed by atoms with E-state index in [1.54, 1.807) is 43.5 Å². The Morgan fingerprint density at radius 2 is 1.68 bits per heavy atom. The second kappa shape index (κ2) is 11.0. The molecule has 7 heteroatoms. The third-order valence-corrected chi connectivity index (χ3v) is 5.74. The predicted octanol–water partition coefficient (Wildman–Crippen LogP) is 4.47. The molecule has 4 N–H and O–H groups in total. The monoisotopic (exact) mass is 465 g/mol. The minimum atomic E-state index is -0.991. The second-order valence-corrected chi connectivity index (χ2v) is 8.29. The third-order valence-electron chi connectivity index (χ3n) is 5.74. The quantitative estimate of drug-likeness (QED) is 0.327. The highest BCUT2D eigenvalue weighted by molar-refractivity contribution is 5.90. The van der Waals surface area contributed by atoms with Crippen LogP contribution in [0.3, 0.4) is 0 Å². The predicted molar refractivity (Wildman–Crippen MR) is 131 cm³/mol. The number of aliphatic hydroxyl groups excluding tert-OH is 1. The van der Waals surface area contributed by atoms with E-state index >= 15 is 0 Å². The SMILES string of the molecule is COc1ccc(C(=O)O)cc1-c1cc(C)c(OCCN[C@H](C)[C@@H](O)c2ccc(O)cc2)c(C)c1. The number of carboxylic acids is 1. The smallest absolute Gasteiger partial charge is 0.335 e. The van der Waals surface area contributed by atoms with E-state index in [4.69, 9.17) is 9.47 Å².